The zero-order chi connectivity index (χ0) is 20.9. The summed E-state index contributed by atoms with van der Waals surface area (Å²) in [6.07, 6.45) is 6.94. The third kappa shape index (κ3) is 4.05. The number of benzene rings is 1. The molecule has 0 atom stereocenters. The van der Waals surface area contributed by atoms with E-state index in [1.807, 2.05) is 11.0 Å². The molecule has 2 heterocycles. The van der Waals surface area contributed by atoms with Crippen LogP contribution in [0.5, 0.6) is 0 Å². The largest absolute Gasteiger partial charge is 0.335 e. The summed E-state index contributed by atoms with van der Waals surface area (Å²) in [5, 5.41) is 10.0. The van der Waals surface area contributed by atoms with E-state index < -0.39 is 0 Å². The van der Waals surface area contributed by atoms with Crippen LogP contribution in [0.3, 0.4) is 0 Å². The lowest BCUT2D eigenvalue weighted by atomic mass is 9.86. The smallest absolute Gasteiger partial charge is 0.293 e. The van der Waals surface area contributed by atoms with Crippen LogP contribution >= 0.6 is 0 Å². The molecule has 1 aromatic carbocycles. The first-order valence-electron chi connectivity index (χ1n) is 11.3. The summed E-state index contributed by atoms with van der Waals surface area (Å²) in [6, 6.07) is 13.0. The molecule has 2 aliphatic rings. The summed E-state index contributed by atoms with van der Waals surface area (Å²) in [5.74, 6) is 1.19. The standard InChI is InChI=1S/C25H30N4O/c1-2-3-13-23(30)28-14-16-29(17-15-28)25-22(18-26)20-11-7-8-12-21(20)24(27-25)19-9-5-4-6-10-19/h4-6,9-10H,2-3,7-8,11-17H2,1H3/p+1. The molecule has 30 heavy (non-hydrogen) atoms. The van der Waals surface area contributed by atoms with Gasteiger partial charge in [-0.3, -0.25) is 9.69 Å². The Kier molecular flexibility index (Phi) is 6.32. The number of rotatable bonds is 5. The van der Waals surface area contributed by atoms with Gasteiger partial charge in [0.05, 0.1) is 13.1 Å². The molecule has 0 unspecified atom stereocenters. The van der Waals surface area contributed by atoms with Crippen molar-refractivity contribution in [1.82, 2.24) is 4.90 Å². The van der Waals surface area contributed by atoms with Gasteiger partial charge in [0.1, 0.15) is 30.4 Å². The second-order valence-corrected chi connectivity index (χ2v) is 8.34. The highest BCUT2D eigenvalue weighted by Crippen LogP contribution is 2.34. The van der Waals surface area contributed by atoms with Gasteiger partial charge in [-0.05, 0) is 37.7 Å². The van der Waals surface area contributed by atoms with Crippen LogP contribution in [0.15, 0.2) is 30.3 Å². The fourth-order valence-corrected chi connectivity index (χ4v) is 4.73. The fourth-order valence-electron chi connectivity index (χ4n) is 4.73. The van der Waals surface area contributed by atoms with E-state index in [0.717, 1.165) is 75.4 Å². The van der Waals surface area contributed by atoms with Gasteiger partial charge in [0.15, 0.2) is 0 Å². The highest BCUT2D eigenvalue weighted by molar-refractivity contribution is 5.76. The predicted molar refractivity (Wildman–Crippen MR) is 118 cm³/mol. The number of unbranched alkanes of at least 4 members (excludes halogenated alkanes) is 1. The molecule has 1 aromatic heterocycles. The van der Waals surface area contributed by atoms with Crippen molar-refractivity contribution in [2.75, 3.05) is 31.1 Å². The van der Waals surface area contributed by atoms with E-state index in [-0.39, 0.29) is 5.91 Å². The third-order valence-corrected chi connectivity index (χ3v) is 6.42. The molecule has 4 rings (SSSR count). The van der Waals surface area contributed by atoms with Crippen molar-refractivity contribution in [1.29, 1.82) is 5.26 Å². The minimum Gasteiger partial charge on any atom is -0.335 e. The van der Waals surface area contributed by atoms with Crippen LogP contribution in [0.4, 0.5) is 5.82 Å². The number of amides is 1. The molecular formula is C25H31N4O+. The maximum atomic E-state index is 12.4. The van der Waals surface area contributed by atoms with Crippen LogP contribution < -0.4 is 9.88 Å². The number of aromatic nitrogens is 1. The number of hydrogen-bond acceptors (Lipinski definition) is 3. The number of carbonyl (C=O) groups excluding carboxylic acids is 1. The second-order valence-electron chi connectivity index (χ2n) is 8.34. The van der Waals surface area contributed by atoms with Gasteiger partial charge in [0, 0.05) is 17.5 Å². The molecule has 2 aromatic rings. The van der Waals surface area contributed by atoms with Crippen molar-refractivity contribution in [3.63, 3.8) is 0 Å². The Morgan fingerprint density at radius 3 is 2.43 bits per heavy atom. The van der Waals surface area contributed by atoms with E-state index in [0.29, 0.717) is 6.42 Å². The summed E-state index contributed by atoms with van der Waals surface area (Å²) in [7, 11) is 0. The van der Waals surface area contributed by atoms with Crippen LogP contribution in [-0.2, 0) is 17.6 Å². The van der Waals surface area contributed by atoms with Crippen LogP contribution in [0.1, 0.15) is 55.7 Å². The summed E-state index contributed by atoms with van der Waals surface area (Å²) < 4.78 is 0. The van der Waals surface area contributed by atoms with Crippen molar-refractivity contribution in [2.45, 2.75) is 51.9 Å². The number of nitriles is 1. The van der Waals surface area contributed by atoms with E-state index in [1.54, 1.807) is 0 Å². The van der Waals surface area contributed by atoms with Gasteiger partial charge in [-0.2, -0.15) is 5.26 Å². The minimum absolute atomic E-state index is 0.261. The molecule has 1 fully saturated rings. The number of nitrogens with zero attached hydrogens (tertiary/aromatic N) is 3. The van der Waals surface area contributed by atoms with Gasteiger partial charge in [-0.15, -0.1) is 0 Å². The number of piperazine rings is 1. The predicted octanol–water partition coefficient (Wildman–Crippen LogP) is 3.76. The zero-order valence-corrected chi connectivity index (χ0v) is 17.9. The first-order valence-corrected chi connectivity index (χ1v) is 11.3. The molecule has 0 bridgehead atoms. The van der Waals surface area contributed by atoms with Crippen molar-refractivity contribution in [2.24, 2.45) is 0 Å². The zero-order valence-electron chi connectivity index (χ0n) is 17.9. The highest BCUT2D eigenvalue weighted by atomic mass is 16.2. The highest BCUT2D eigenvalue weighted by Gasteiger charge is 2.32. The number of anilines is 1. The number of fused-ring (bicyclic) bond motifs is 1. The van der Waals surface area contributed by atoms with Gasteiger partial charge >= 0.3 is 0 Å². The lowest BCUT2D eigenvalue weighted by molar-refractivity contribution is -0.352. The van der Waals surface area contributed by atoms with Gasteiger partial charge in [0.25, 0.3) is 5.82 Å². The maximum absolute atomic E-state index is 12.4. The molecule has 5 nitrogen and oxygen atoms in total. The quantitative estimate of drug-likeness (QED) is 0.764. The summed E-state index contributed by atoms with van der Waals surface area (Å²) >= 11 is 0. The summed E-state index contributed by atoms with van der Waals surface area (Å²) in [6.45, 7) is 5.08. The molecule has 1 aliphatic carbocycles. The fraction of sp³-hybridized carbons (Fsp3) is 0.480. The summed E-state index contributed by atoms with van der Waals surface area (Å²) in [5.41, 5.74) is 5.66. The van der Waals surface area contributed by atoms with Crippen molar-refractivity contribution < 1.29 is 9.78 Å². The molecule has 1 aliphatic heterocycles. The van der Waals surface area contributed by atoms with Crippen molar-refractivity contribution >= 4 is 11.7 Å². The Morgan fingerprint density at radius 2 is 1.77 bits per heavy atom. The molecule has 0 radical (unpaired) electrons. The van der Waals surface area contributed by atoms with Gasteiger partial charge < -0.3 is 4.90 Å². The Labute approximate surface area is 179 Å². The van der Waals surface area contributed by atoms with E-state index in [9.17, 15) is 10.1 Å². The van der Waals surface area contributed by atoms with Crippen LogP contribution in [0.2, 0.25) is 0 Å². The van der Waals surface area contributed by atoms with E-state index in [2.05, 4.69) is 47.1 Å². The number of H-pyrrole nitrogens is 1. The second kappa shape index (κ2) is 9.30. The van der Waals surface area contributed by atoms with E-state index in [1.165, 1.54) is 23.1 Å². The Hall–Kier alpha value is -2.87. The molecule has 0 saturated carbocycles. The van der Waals surface area contributed by atoms with Gasteiger partial charge in [0.2, 0.25) is 5.91 Å². The van der Waals surface area contributed by atoms with Crippen LogP contribution in [-0.4, -0.2) is 37.0 Å². The Morgan fingerprint density at radius 1 is 1.07 bits per heavy atom. The molecule has 5 heteroatoms. The molecule has 1 N–H and O–H groups in total. The molecule has 156 valence electrons. The number of aromatic amines is 1. The molecule has 0 spiro atoms. The minimum atomic E-state index is 0.261. The number of pyridine rings is 1. The Bertz CT molecular complexity index is 940. The van der Waals surface area contributed by atoms with E-state index >= 15 is 0 Å². The van der Waals surface area contributed by atoms with Gasteiger partial charge in [-0.1, -0.05) is 43.7 Å². The summed E-state index contributed by atoms with van der Waals surface area (Å²) in [4.78, 5) is 20.3. The first kappa shape index (κ1) is 20.4. The van der Waals surface area contributed by atoms with E-state index in [4.69, 9.17) is 0 Å². The van der Waals surface area contributed by atoms with Crippen molar-refractivity contribution in [3.8, 4) is 17.3 Å². The maximum Gasteiger partial charge on any atom is 0.293 e. The van der Waals surface area contributed by atoms with Crippen LogP contribution in [0.25, 0.3) is 11.3 Å². The SMILES string of the molecule is CCCCC(=O)N1CCN(c2[nH+]c(-c3ccccc3)c3c(c2C#N)CCCC3)CC1. The topological polar surface area (TPSA) is 61.5 Å². The normalized spacial score (nSPS) is 16.1. The van der Waals surface area contributed by atoms with Crippen molar-refractivity contribution in [3.05, 3.63) is 47.0 Å². The lowest BCUT2D eigenvalue weighted by Gasteiger charge is -2.32. The number of nitrogens with one attached hydrogen (secondary N) is 1. The Balaban J connectivity index is 1.65. The number of hydrogen-bond donors (Lipinski definition) is 0. The first-order chi connectivity index (χ1) is 14.7. The van der Waals surface area contributed by atoms with Gasteiger partial charge in [-0.25, -0.2) is 4.98 Å². The monoisotopic (exact) mass is 403 g/mol. The molecule has 1 amide bonds. The third-order valence-electron chi connectivity index (χ3n) is 6.42. The average molecular weight is 404 g/mol. The lowest BCUT2D eigenvalue weighted by Crippen LogP contribution is -2.50. The number of carbonyl (C=O) groups is 1. The average Bonchev–Trinajstić information content (AvgIpc) is 2.82. The van der Waals surface area contributed by atoms with Crippen LogP contribution in [0, 0.1) is 11.3 Å². The molecular weight excluding hydrogens is 372 g/mol. The molecule has 1 saturated heterocycles.